The van der Waals surface area contributed by atoms with Crippen LogP contribution in [-0.4, -0.2) is 42.0 Å². The third-order valence-electron chi connectivity index (χ3n) is 2.99. The Bertz CT molecular complexity index is 631. The van der Waals surface area contributed by atoms with E-state index >= 15 is 0 Å². The Morgan fingerprint density at radius 3 is 2.40 bits per heavy atom. The van der Waals surface area contributed by atoms with Crippen molar-refractivity contribution >= 4 is 61.2 Å². The van der Waals surface area contributed by atoms with E-state index in [1.165, 1.54) is 4.90 Å². The maximum atomic E-state index is 12.2. The number of benzene rings is 1. The average molecular weight is 420 g/mol. The van der Waals surface area contributed by atoms with Crippen molar-refractivity contribution in [3.05, 3.63) is 32.3 Å². The van der Waals surface area contributed by atoms with Crippen LogP contribution in [0.1, 0.15) is 5.56 Å². The fourth-order valence-corrected chi connectivity index (χ4v) is 3.54. The van der Waals surface area contributed by atoms with Crippen LogP contribution in [0.3, 0.4) is 0 Å². The van der Waals surface area contributed by atoms with Gasteiger partial charge in [-0.1, -0.05) is 15.9 Å². The van der Waals surface area contributed by atoms with Crippen molar-refractivity contribution in [2.45, 2.75) is 0 Å². The summed E-state index contributed by atoms with van der Waals surface area (Å²) in [5.41, 5.74) is 1.31. The topological polar surface area (TPSA) is 32.8 Å². The highest BCUT2D eigenvalue weighted by molar-refractivity contribution is 9.11. The maximum absolute atomic E-state index is 12.2. The summed E-state index contributed by atoms with van der Waals surface area (Å²) in [5, 5.41) is 0.481. The molecule has 20 heavy (non-hydrogen) atoms. The number of nitrogens with zero attached hydrogens (tertiary/aromatic N) is 2. The summed E-state index contributed by atoms with van der Waals surface area (Å²) in [5.74, 6) is 0.540. The molecule has 1 aliphatic rings. The molecule has 1 aliphatic heterocycles. The van der Waals surface area contributed by atoms with E-state index in [0.717, 1.165) is 14.5 Å². The Kier molecular flexibility index (Phi) is 4.51. The maximum Gasteiger partial charge on any atom is 0.276 e. The quantitative estimate of drug-likeness (QED) is 0.544. The highest BCUT2D eigenvalue weighted by Gasteiger charge is 2.33. The Balaban J connectivity index is 2.56. The molecular formula is C13H12Br2N2O2S. The summed E-state index contributed by atoms with van der Waals surface area (Å²) in [7, 11) is 5.03. The van der Waals surface area contributed by atoms with Gasteiger partial charge in [0, 0.05) is 24.1 Å². The van der Waals surface area contributed by atoms with Crippen LogP contribution >= 0.6 is 44.1 Å². The van der Waals surface area contributed by atoms with Crippen LogP contribution in [-0.2, 0) is 4.79 Å². The molecule has 0 aliphatic carbocycles. The molecule has 106 valence electrons. The third-order valence-corrected chi connectivity index (χ3v) is 4.59. The summed E-state index contributed by atoms with van der Waals surface area (Å²) < 4.78 is 7.08. The number of rotatable bonds is 2. The lowest BCUT2D eigenvalue weighted by atomic mass is 10.1. The second-order valence-electron chi connectivity index (χ2n) is 4.25. The molecule has 0 aromatic heterocycles. The molecule has 0 radical (unpaired) electrons. The first-order valence-electron chi connectivity index (χ1n) is 5.67. The molecule has 0 spiro atoms. The molecule has 1 aromatic carbocycles. The number of halogens is 2. The van der Waals surface area contributed by atoms with E-state index in [9.17, 15) is 4.79 Å². The summed E-state index contributed by atoms with van der Waals surface area (Å²) in [6.45, 7) is 0. The molecule has 0 N–H and O–H groups in total. The minimum atomic E-state index is -0.129. The van der Waals surface area contributed by atoms with Crippen LogP contribution in [0.15, 0.2) is 26.8 Å². The Hall–Kier alpha value is -0.920. The largest absolute Gasteiger partial charge is 0.495 e. The summed E-state index contributed by atoms with van der Waals surface area (Å²) in [4.78, 5) is 15.3. The molecule has 1 saturated heterocycles. The molecule has 4 nitrogen and oxygen atoms in total. The standard InChI is InChI=1S/C13H12Br2N2O2S/c1-16-10(12(18)17(2)13(16)20)5-7-4-8(14)6-9(15)11(7)19-3/h4-6H,1-3H3/b10-5-. The zero-order chi connectivity index (χ0) is 15.0. The Morgan fingerprint density at radius 2 is 1.90 bits per heavy atom. The monoisotopic (exact) mass is 418 g/mol. The van der Waals surface area contributed by atoms with E-state index in [4.69, 9.17) is 17.0 Å². The predicted molar refractivity (Wildman–Crippen MR) is 89.5 cm³/mol. The first kappa shape index (κ1) is 15.5. The van der Waals surface area contributed by atoms with Crippen molar-refractivity contribution in [3.8, 4) is 5.75 Å². The van der Waals surface area contributed by atoms with E-state index in [0.29, 0.717) is 16.6 Å². The molecule has 7 heteroatoms. The number of amides is 1. The number of thiocarbonyl (C=S) groups is 1. The van der Waals surface area contributed by atoms with Gasteiger partial charge in [-0.2, -0.15) is 0 Å². The van der Waals surface area contributed by atoms with E-state index < -0.39 is 0 Å². The van der Waals surface area contributed by atoms with Crippen molar-refractivity contribution < 1.29 is 9.53 Å². The summed E-state index contributed by atoms with van der Waals surface area (Å²) in [6, 6.07) is 3.77. The van der Waals surface area contributed by atoms with E-state index in [-0.39, 0.29) is 5.91 Å². The molecule has 1 heterocycles. The first-order valence-corrected chi connectivity index (χ1v) is 7.66. The van der Waals surface area contributed by atoms with Crippen molar-refractivity contribution in [2.24, 2.45) is 0 Å². The second-order valence-corrected chi connectivity index (χ2v) is 6.38. The number of hydrogen-bond donors (Lipinski definition) is 0. The van der Waals surface area contributed by atoms with Gasteiger partial charge >= 0.3 is 0 Å². The lowest BCUT2D eigenvalue weighted by Gasteiger charge is -2.12. The van der Waals surface area contributed by atoms with Crippen LogP contribution in [0, 0.1) is 0 Å². The Morgan fingerprint density at radius 1 is 1.25 bits per heavy atom. The van der Waals surface area contributed by atoms with Gasteiger partial charge in [-0.05, 0) is 46.4 Å². The number of methoxy groups -OCH3 is 1. The first-order chi connectivity index (χ1) is 9.36. The highest BCUT2D eigenvalue weighted by Crippen LogP contribution is 2.35. The fraction of sp³-hybridized carbons (Fsp3) is 0.231. The molecule has 2 rings (SSSR count). The van der Waals surface area contributed by atoms with E-state index in [1.54, 1.807) is 32.2 Å². The van der Waals surface area contributed by atoms with Crippen LogP contribution in [0.2, 0.25) is 0 Å². The van der Waals surface area contributed by atoms with Crippen molar-refractivity contribution in [3.63, 3.8) is 0 Å². The SMILES string of the molecule is COc1c(Br)cc(Br)cc1/C=C1/C(=O)N(C)C(=S)N1C. The molecule has 1 fully saturated rings. The minimum Gasteiger partial charge on any atom is -0.495 e. The lowest BCUT2D eigenvalue weighted by molar-refractivity contribution is -0.121. The second kappa shape index (κ2) is 5.83. The van der Waals surface area contributed by atoms with Gasteiger partial charge in [0.15, 0.2) is 5.11 Å². The predicted octanol–water partition coefficient (Wildman–Crippen LogP) is 3.25. The van der Waals surface area contributed by atoms with Gasteiger partial charge < -0.3 is 9.64 Å². The molecule has 0 bridgehead atoms. The Labute approximate surface area is 139 Å². The van der Waals surface area contributed by atoms with Crippen molar-refractivity contribution in [1.29, 1.82) is 0 Å². The van der Waals surface area contributed by atoms with Crippen LogP contribution < -0.4 is 4.74 Å². The van der Waals surface area contributed by atoms with Gasteiger partial charge in [0.05, 0.1) is 11.6 Å². The van der Waals surface area contributed by atoms with Gasteiger partial charge in [0.2, 0.25) is 0 Å². The number of carbonyl (C=O) groups is 1. The summed E-state index contributed by atoms with van der Waals surface area (Å²) in [6.07, 6.45) is 1.77. The van der Waals surface area contributed by atoms with Gasteiger partial charge in [-0.15, -0.1) is 0 Å². The fourth-order valence-electron chi connectivity index (χ4n) is 1.94. The zero-order valence-electron chi connectivity index (χ0n) is 11.1. The van der Waals surface area contributed by atoms with Crippen molar-refractivity contribution in [1.82, 2.24) is 9.80 Å². The summed E-state index contributed by atoms with van der Waals surface area (Å²) >= 11 is 12.1. The number of carbonyl (C=O) groups excluding carboxylic acids is 1. The molecule has 1 aromatic rings. The number of ether oxygens (including phenoxy) is 1. The number of hydrogen-bond acceptors (Lipinski definition) is 3. The molecule has 0 unspecified atom stereocenters. The zero-order valence-corrected chi connectivity index (χ0v) is 15.1. The van der Waals surface area contributed by atoms with Gasteiger partial charge in [-0.25, -0.2) is 0 Å². The van der Waals surface area contributed by atoms with Crippen LogP contribution in [0.25, 0.3) is 6.08 Å². The van der Waals surface area contributed by atoms with Gasteiger partial charge in [0.25, 0.3) is 5.91 Å². The lowest BCUT2D eigenvalue weighted by Crippen LogP contribution is -2.26. The molecular weight excluding hydrogens is 408 g/mol. The third kappa shape index (κ3) is 2.62. The normalized spacial score (nSPS) is 17.4. The van der Waals surface area contributed by atoms with Crippen LogP contribution in [0.5, 0.6) is 5.75 Å². The van der Waals surface area contributed by atoms with E-state index in [2.05, 4.69) is 31.9 Å². The van der Waals surface area contributed by atoms with Gasteiger partial charge in [0.1, 0.15) is 11.4 Å². The van der Waals surface area contributed by atoms with Crippen LogP contribution in [0.4, 0.5) is 0 Å². The van der Waals surface area contributed by atoms with Crippen molar-refractivity contribution in [2.75, 3.05) is 21.2 Å². The highest BCUT2D eigenvalue weighted by atomic mass is 79.9. The van der Waals surface area contributed by atoms with Gasteiger partial charge in [-0.3, -0.25) is 9.69 Å². The molecule has 0 atom stereocenters. The minimum absolute atomic E-state index is 0.129. The molecule has 1 amide bonds. The van der Waals surface area contributed by atoms with E-state index in [1.807, 2.05) is 12.1 Å². The average Bonchev–Trinajstić information content (AvgIpc) is 2.56. The number of likely N-dealkylation sites (N-methyl/N-ethyl adjacent to an activating group) is 2. The smallest absolute Gasteiger partial charge is 0.276 e. The molecule has 0 saturated carbocycles.